The van der Waals surface area contributed by atoms with Gasteiger partial charge < -0.3 is 63.1 Å². The second-order valence-electron chi connectivity index (χ2n) is 25.2. The molecular weight excluding hydrogens is 1150 g/mol. The number of aliphatic hydroxyl groups is 2. The fraction of sp³-hybridized carbons (Fsp3) is 0.485. The van der Waals surface area contributed by atoms with Crippen molar-refractivity contribution >= 4 is 67.9 Å². The molecule has 9 atom stereocenters. The van der Waals surface area contributed by atoms with Crippen LogP contribution in [0.5, 0.6) is 17.2 Å². The molecule has 22 nitrogen and oxygen atoms in total. The number of imidazole rings is 1. The number of amides is 2. The van der Waals surface area contributed by atoms with Crippen molar-refractivity contribution in [2.24, 2.45) is 29.6 Å². The number of ether oxygens (including phenoxy) is 5. The minimum absolute atomic E-state index is 0.0346. The number of piperazine rings is 2. The lowest BCUT2D eigenvalue weighted by atomic mass is 9.78. The first kappa shape index (κ1) is 64.8. The topological polar surface area (TPSA) is 261 Å². The van der Waals surface area contributed by atoms with E-state index in [2.05, 4.69) is 51.0 Å². The number of hydrogen-bond donors (Lipinski definition) is 4. The number of ketones is 1. The average Bonchev–Trinajstić information content (AvgIpc) is 1.37. The van der Waals surface area contributed by atoms with Crippen LogP contribution in [0.15, 0.2) is 100 Å². The van der Waals surface area contributed by atoms with Crippen molar-refractivity contribution in [3.05, 3.63) is 124 Å². The lowest BCUT2D eigenvalue weighted by Gasteiger charge is -2.38. The van der Waals surface area contributed by atoms with Crippen LogP contribution in [0.25, 0.3) is 33.0 Å². The Labute approximate surface area is 523 Å². The number of fused-ring (bicyclic) bond motifs is 2. The number of methoxy groups -OCH3 is 1. The van der Waals surface area contributed by atoms with E-state index in [1.807, 2.05) is 29.2 Å². The molecule has 2 aromatic heterocycles. The molecule has 2 amide bonds. The maximum Gasteiger partial charge on any atom is 0.312 e. The second-order valence-corrected chi connectivity index (χ2v) is 25.2. The molecule has 2 saturated heterocycles. The molecule has 4 aliphatic rings. The summed E-state index contributed by atoms with van der Waals surface area (Å²) in [7, 11) is 1.45. The van der Waals surface area contributed by atoms with Gasteiger partial charge >= 0.3 is 11.8 Å². The van der Waals surface area contributed by atoms with Crippen molar-refractivity contribution in [1.29, 1.82) is 0 Å². The number of esters is 1. The number of hydrogen-bond acceptors (Lipinski definition) is 19. The van der Waals surface area contributed by atoms with Gasteiger partial charge in [0, 0.05) is 157 Å². The van der Waals surface area contributed by atoms with Crippen LogP contribution >= 0.6 is 0 Å². The Morgan fingerprint density at radius 1 is 0.878 bits per heavy atom. The number of Topliss-reactive ketones (excluding diaryl/α,β-unsaturated/α-hetero) is 1. The summed E-state index contributed by atoms with van der Waals surface area (Å²) in [6.07, 6.45) is 8.62. The molecule has 22 heteroatoms. The molecule has 0 spiro atoms. The van der Waals surface area contributed by atoms with E-state index in [1.165, 1.54) is 46.3 Å². The molecule has 480 valence electrons. The van der Waals surface area contributed by atoms with Gasteiger partial charge in [-0.25, -0.2) is 9.97 Å². The minimum atomic E-state index is -2.12. The number of carbonyl (C=O) groups is 4. The van der Waals surface area contributed by atoms with E-state index < -0.39 is 82.7 Å². The Kier molecular flexibility index (Phi) is 19.5. The Balaban J connectivity index is 1.08. The molecule has 0 saturated carbocycles. The predicted molar refractivity (Wildman–Crippen MR) is 340 cm³/mol. The number of nitrogens with one attached hydrogen (secondary N) is 1. The van der Waals surface area contributed by atoms with Crippen LogP contribution in [-0.4, -0.2) is 164 Å². The van der Waals surface area contributed by atoms with Gasteiger partial charge in [0.15, 0.2) is 28.1 Å². The lowest BCUT2D eigenvalue weighted by Crippen LogP contribution is -2.49. The van der Waals surface area contributed by atoms with Gasteiger partial charge in [-0.1, -0.05) is 84.0 Å². The summed E-state index contributed by atoms with van der Waals surface area (Å²) in [5, 5.41) is 38.4. The van der Waals surface area contributed by atoms with E-state index >= 15 is 4.79 Å². The Morgan fingerprint density at radius 2 is 1.60 bits per heavy atom. The Morgan fingerprint density at radius 3 is 2.29 bits per heavy atom. The first-order valence-electron chi connectivity index (χ1n) is 31.0. The van der Waals surface area contributed by atoms with Crippen LogP contribution in [0.3, 0.4) is 0 Å². The molecule has 10 rings (SSSR count). The number of allylic oxidation sites excluding steroid dienone is 2. The highest BCUT2D eigenvalue weighted by Crippen LogP contribution is 2.49. The van der Waals surface area contributed by atoms with Crippen LogP contribution in [0.4, 0.5) is 11.4 Å². The molecule has 2 fully saturated rings. The molecular formula is C68H84N8O14. The third-order valence-electron chi connectivity index (χ3n) is 18.1. The van der Waals surface area contributed by atoms with Gasteiger partial charge in [0.1, 0.15) is 41.7 Å². The fourth-order valence-corrected chi connectivity index (χ4v) is 12.9. The molecule has 0 unspecified atom stereocenters. The smallest absolute Gasteiger partial charge is 0.312 e. The van der Waals surface area contributed by atoms with Crippen molar-refractivity contribution in [2.75, 3.05) is 76.2 Å². The van der Waals surface area contributed by atoms with Crippen molar-refractivity contribution in [3.8, 4) is 17.2 Å². The van der Waals surface area contributed by atoms with Gasteiger partial charge in [0.2, 0.25) is 5.91 Å². The van der Waals surface area contributed by atoms with E-state index in [4.69, 9.17) is 33.1 Å². The fourth-order valence-electron chi connectivity index (χ4n) is 12.9. The summed E-state index contributed by atoms with van der Waals surface area (Å²) in [5.41, 5.74) is 1.87. The van der Waals surface area contributed by atoms with Gasteiger partial charge in [-0.15, -0.1) is 0 Å². The van der Waals surface area contributed by atoms with Gasteiger partial charge in [0.25, 0.3) is 11.7 Å². The number of carbonyl (C=O) groups excluding carboxylic acids is 4. The van der Waals surface area contributed by atoms with E-state index in [-0.39, 0.29) is 80.2 Å². The number of aromatic hydroxyl groups is 1. The summed E-state index contributed by atoms with van der Waals surface area (Å²) in [6, 6.07) is 11.9. The standard InChI is InChI=1S/C68H84N8O14/c1-38(2)33-72-21-25-75(26-22-72)48-31-50(86-36-47-17-13-16-46(30-47)34-73-23-27-76(28-24-73)52(78)35-74-20-19-69-37-74)56-51(32-48)89-65-57(70-56)53-54-61(81)44(8)64-55(53)66(83)68(10,90-64)87-29-18-49(85-11)41(5)63(88-45(9)77)43(7)60(80)42(6)59(79)39(3)14-12-15-40(4)67(84)71-58(65)62(54)82/h12-20,29-32,37-39,41-43,49,59-60,63,79-80,82H,21-28,33-36H2,1-11H3,(H,71,84)/b14-12+,29-18+,40-15-/t39-,41+,42+,43+,49-,59-,60+,63+,68-/m0/s1. The normalized spacial score (nSPS) is 26.4. The van der Waals surface area contributed by atoms with Gasteiger partial charge in [-0.3, -0.25) is 33.8 Å². The third kappa shape index (κ3) is 13.5. The van der Waals surface area contributed by atoms with Crippen molar-refractivity contribution < 1.29 is 62.6 Å². The van der Waals surface area contributed by atoms with Crippen LogP contribution in [0.2, 0.25) is 0 Å². The molecule has 4 aromatic carbocycles. The highest BCUT2D eigenvalue weighted by atomic mass is 16.7. The molecule has 6 aromatic rings. The van der Waals surface area contributed by atoms with Crippen molar-refractivity contribution in [3.63, 3.8) is 0 Å². The summed E-state index contributed by atoms with van der Waals surface area (Å²) in [4.78, 5) is 88.7. The number of rotatable bonds is 12. The highest BCUT2D eigenvalue weighted by molar-refractivity contribution is 6.26. The molecule has 0 aliphatic carbocycles. The summed E-state index contributed by atoms with van der Waals surface area (Å²) in [5.74, 6) is -6.72. The van der Waals surface area contributed by atoms with E-state index in [0.29, 0.717) is 57.5 Å². The quantitative estimate of drug-likeness (QED) is 0.0393. The van der Waals surface area contributed by atoms with Crippen LogP contribution in [0, 0.1) is 36.5 Å². The number of nitrogens with zero attached hydrogens (tertiary/aromatic N) is 7. The zero-order valence-electron chi connectivity index (χ0n) is 53.2. The number of phenols is 1. The van der Waals surface area contributed by atoms with Crippen molar-refractivity contribution in [2.45, 2.75) is 119 Å². The van der Waals surface area contributed by atoms with Gasteiger partial charge in [-0.05, 0) is 37.0 Å². The zero-order chi connectivity index (χ0) is 64.5. The largest absolute Gasteiger partial charge is 0.505 e. The third-order valence-corrected chi connectivity index (χ3v) is 18.1. The summed E-state index contributed by atoms with van der Waals surface area (Å²) < 4.78 is 40.0. The number of aromatic nitrogens is 3. The summed E-state index contributed by atoms with van der Waals surface area (Å²) in [6.45, 7) is 24.6. The first-order valence-corrected chi connectivity index (χ1v) is 31.0. The Bertz CT molecular complexity index is 3830. The SMILES string of the molecule is CO[C@H]1/C=C/O[C@@]2(C)Oc3c(C)c(=O)c4c(O)c(c5oc6cc(N7CCN(CC(C)C)CC7)cc(OCc7cccc(CN8CCN(C(=O)Cn9ccnc9)CC8)c7)c6nc5c4c3C2=O)NC(=O)/C(C)=C\C=C\[C@H](C)[C@H](O)[C@@H](C)[C@@H](O)[C@@H](C)[C@H](OC(C)=O)[C@@H]1C. The second kappa shape index (κ2) is 27.1. The predicted octanol–water partition coefficient (Wildman–Crippen LogP) is 7.90. The van der Waals surface area contributed by atoms with E-state index in [9.17, 15) is 34.5 Å². The highest BCUT2D eigenvalue weighted by Gasteiger charge is 2.50. The maximum absolute atomic E-state index is 15.3. The van der Waals surface area contributed by atoms with Crippen LogP contribution in [0.1, 0.15) is 89.4 Å². The average molecular weight is 1240 g/mol. The van der Waals surface area contributed by atoms with Crippen molar-refractivity contribution in [1.82, 2.24) is 29.2 Å². The summed E-state index contributed by atoms with van der Waals surface area (Å²) >= 11 is 0. The maximum atomic E-state index is 15.3. The molecule has 90 heavy (non-hydrogen) atoms. The van der Waals surface area contributed by atoms with Gasteiger partial charge in [0.05, 0.1) is 41.9 Å². The first-order chi connectivity index (χ1) is 42.9. The number of aliphatic hydroxyl groups excluding tert-OH is 2. The number of benzene rings is 4. The van der Waals surface area contributed by atoms with Crippen LogP contribution in [-0.2, 0) is 48.3 Å². The monoisotopic (exact) mass is 1240 g/mol. The van der Waals surface area contributed by atoms with Crippen LogP contribution < -0.4 is 25.1 Å². The Hall–Kier alpha value is -8.15. The zero-order valence-corrected chi connectivity index (χ0v) is 53.2. The molecule has 4 aliphatic heterocycles. The minimum Gasteiger partial charge on any atom is -0.505 e. The lowest BCUT2D eigenvalue weighted by molar-refractivity contribution is -0.160. The van der Waals surface area contributed by atoms with E-state index in [0.717, 1.165) is 36.4 Å². The number of phenolic OH excluding ortho intramolecular Hbond substituents is 1. The number of anilines is 2. The molecule has 6 heterocycles. The molecule has 0 radical (unpaired) electrons. The van der Waals surface area contributed by atoms with Gasteiger partial charge in [-0.2, -0.15) is 0 Å². The van der Waals surface area contributed by atoms with E-state index in [1.54, 1.807) is 70.1 Å². The molecule has 4 N–H and O–H groups in total. The molecule has 4 bridgehead atoms.